The minimum Gasteiger partial charge on any atom is -0.311 e. The van der Waals surface area contributed by atoms with Gasteiger partial charge < -0.3 is 4.90 Å². The average Bonchev–Trinajstić information content (AvgIpc) is 3.38. The lowest BCUT2D eigenvalue weighted by Gasteiger charge is -2.34. The van der Waals surface area contributed by atoms with Gasteiger partial charge in [-0.05, 0) is 42.5 Å². The highest BCUT2D eigenvalue weighted by Gasteiger charge is 2.44. The lowest BCUT2D eigenvalue weighted by Crippen LogP contribution is -2.47. The van der Waals surface area contributed by atoms with Crippen molar-refractivity contribution in [1.29, 1.82) is 0 Å². The molecule has 0 radical (unpaired) electrons. The van der Waals surface area contributed by atoms with Gasteiger partial charge in [-0.1, -0.05) is 62.9 Å². The number of carbonyl (C=O) groups excluding carboxylic acids is 2. The summed E-state index contributed by atoms with van der Waals surface area (Å²) in [5, 5.41) is 0.384. The van der Waals surface area contributed by atoms with E-state index in [1.54, 1.807) is 0 Å². The molecule has 0 spiro atoms. The molecule has 0 aromatic heterocycles. The number of hydrogen-bond donors (Lipinski definition) is 0. The minimum absolute atomic E-state index is 0.0704. The zero-order chi connectivity index (χ0) is 22.4. The number of fused-ring (bicyclic) bond motifs is 4. The first-order valence-electron chi connectivity index (χ1n) is 11.2. The van der Waals surface area contributed by atoms with Crippen molar-refractivity contribution < 1.29 is 9.59 Å². The molecule has 2 aromatic rings. The van der Waals surface area contributed by atoms with Crippen LogP contribution in [0, 0.1) is 5.92 Å². The Morgan fingerprint density at radius 1 is 1.12 bits per heavy atom. The smallest absolute Gasteiger partial charge is 0.271 e. The number of rotatable bonds is 4. The molecule has 2 atom stereocenters. The van der Waals surface area contributed by atoms with Crippen LogP contribution >= 0.6 is 11.8 Å². The quantitative estimate of drug-likeness (QED) is 0.698. The highest BCUT2D eigenvalue weighted by molar-refractivity contribution is 8.15. The van der Waals surface area contributed by atoms with Crippen molar-refractivity contribution in [2.45, 2.75) is 44.9 Å². The normalized spacial score (nSPS) is 20.0. The van der Waals surface area contributed by atoms with Crippen LogP contribution in [0.1, 0.15) is 38.3 Å². The van der Waals surface area contributed by atoms with Crippen molar-refractivity contribution in [2.24, 2.45) is 15.9 Å². The Kier molecular flexibility index (Phi) is 5.37. The number of thioether (sulfide) groups is 1. The van der Waals surface area contributed by atoms with E-state index in [2.05, 4.69) is 11.1 Å². The summed E-state index contributed by atoms with van der Waals surface area (Å²) in [5.41, 5.74) is 3.87. The number of hydrogen-bond acceptors (Lipinski definition) is 5. The molecule has 2 unspecified atom stereocenters. The molecule has 2 amide bonds. The molecule has 0 fully saturated rings. The van der Waals surface area contributed by atoms with Crippen molar-refractivity contribution >= 4 is 46.0 Å². The molecule has 32 heavy (non-hydrogen) atoms. The van der Waals surface area contributed by atoms with E-state index in [1.165, 1.54) is 17.3 Å². The third-order valence-electron chi connectivity index (χ3n) is 6.22. The molecular weight excluding hydrogens is 420 g/mol. The predicted octanol–water partition coefficient (Wildman–Crippen LogP) is 4.40. The molecule has 2 aromatic carbocycles. The molecule has 0 bridgehead atoms. The molecule has 0 aliphatic carbocycles. The zero-order valence-corrected chi connectivity index (χ0v) is 19.3. The van der Waals surface area contributed by atoms with E-state index in [4.69, 9.17) is 4.99 Å². The summed E-state index contributed by atoms with van der Waals surface area (Å²) in [6.45, 7) is 6.77. The molecular formula is C25H26N4O2S. The second kappa shape index (κ2) is 8.20. The maximum atomic E-state index is 13.6. The summed E-state index contributed by atoms with van der Waals surface area (Å²) in [6.07, 6.45) is 1.55. The molecule has 7 heteroatoms. The van der Waals surface area contributed by atoms with E-state index in [1.807, 2.05) is 73.0 Å². The predicted molar refractivity (Wildman–Crippen MR) is 130 cm³/mol. The number of nitrogens with zero attached hydrogens (tertiary/aromatic N) is 4. The summed E-state index contributed by atoms with van der Waals surface area (Å²) < 4.78 is 0. The van der Waals surface area contributed by atoms with Crippen LogP contribution in [0.5, 0.6) is 0 Å². The maximum Gasteiger partial charge on any atom is 0.271 e. The number of amides is 2. The van der Waals surface area contributed by atoms with Crippen LogP contribution < -0.4 is 4.90 Å². The highest BCUT2D eigenvalue weighted by Crippen LogP contribution is 2.38. The number of carbonyl (C=O) groups is 2. The fraction of sp³-hybridized carbons (Fsp3) is 0.360. The summed E-state index contributed by atoms with van der Waals surface area (Å²) in [7, 11) is 0. The molecule has 5 rings (SSSR count). The van der Waals surface area contributed by atoms with Crippen LogP contribution in [-0.4, -0.2) is 45.6 Å². The van der Waals surface area contributed by atoms with Crippen LogP contribution in [0.2, 0.25) is 0 Å². The van der Waals surface area contributed by atoms with Gasteiger partial charge in [0.15, 0.2) is 5.17 Å². The Bertz CT molecular complexity index is 1160. The van der Waals surface area contributed by atoms with Gasteiger partial charge in [0.05, 0.1) is 10.9 Å². The number of para-hydroxylation sites is 2. The summed E-state index contributed by atoms with van der Waals surface area (Å²) in [6, 6.07) is 15.5. The second-order valence-corrected chi connectivity index (χ2v) is 9.80. The van der Waals surface area contributed by atoms with Crippen LogP contribution in [0.25, 0.3) is 0 Å². The van der Waals surface area contributed by atoms with E-state index in [-0.39, 0.29) is 23.0 Å². The van der Waals surface area contributed by atoms with Crippen molar-refractivity contribution in [3.63, 3.8) is 0 Å². The molecule has 6 nitrogen and oxygen atoms in total. The van der Waals surface area contributed by atoms with Crippen LogP contribution in [0.4, 0.5) is 11.4 Å². The van der Waals surface area contributed by atoms with Gasteiger partial charge in [0.25, 0.3) is 5.91 Å². The van der Waals surface area contributed by atoms with Gasteiger partial charge in [0.2, 0.25) is 5.91 Å². The first-order chi connectivity index (χ1) is 15.5. The Morgan fingerprint density at radius 3 is 2.66 bits per heavy atom. The Hall–Kier alpha value is -2.93. The van der Waals surface area contributed by atoms with Gasteiger partial charge in [-0.25, -0.2) is 4.99 Å². The van der Waals surface area contributed by atoms with Crippen LogP contribution in [0.3, 0.4) is 0 Å². The monoisotopic (exact) mass is 446 g/mol. The highest BCUT2D eigenvalue weighted by atomic mass is 32.2. The maximum absolute atomic E-state index is 13.6. The SMILES string of the molecule is CCC(SC1=Nc2ccccc2C2=NC(=O)C(C(C)C)N12)C(=O)N1CCc2ccccc21. The zero-order valence-electron chi connectivity index (χ0n) is 18.5. The number of aliphatic imine (C=N–C) groups is 2. The third kappa shape index (κ3) is 3.35. The Labute approximate surface area is 192 Å². The largest absolute Gasteiger partial charge is 0.311 e. The lowest BCUT2D eigenvalue weighted by molar-refractivity contribution is -0.120. The van der Waals surface area contributed by atoms with Gasteiger partial charge in [-0.2, -0.15) is 4.99 Å². The minimum atomic E-state index is -0.398. The second-order valence-electron chi connectivity index (χ2n) is 8.63. The Morgan fingerprint density at radius 2 is 1.88 bits per heavy atom. The number of benzene rings is 2. The summed E-state index contributed by atoms with van der Waals surface area (Å²) in [5.74, 6) is 0.665. The number of amidine groups is 2. The molecule has 164 valence electrons. The summed E-state index contributed by atoms with van der Waals surface area (Å²) >= 11 is 1.45. The van der Waals surface area contributed by atoms with Crippen molar-refractivity contribution in [1.82, 2.24) is 4.90 Å². The molecule has 3 aliphatic rings. The van der Waals surface area contributed by atoms with Crippen molar-refractivity contribution in [3.05, 3.63) is 59.7 Å². The van der Waals surface area contributed by atoms with E-state index >= 15 is 0 Å². The third-order valence-corrected chi connectivity index (χ3v) is 7.54. The molecule has 0 saturated heterocycles. The molecule has 3 heterocycles. The van der Waals surface area contributed by atoms with E-state index in [0.29, 0.717) is 24.0 Å². The molecule has 0 N–H and O–H groups in total. The fourth-order valence-electron chi connectivity index (χ4n) is 4.63. The van der Waals surface area contributed by atoms with E-state index in [9.17, 15) is 9.59 Å². The number of anilines is 1. The van der Waals surface area contributed by atoms with E-state index < -0.39 is 6.04 Å². The Balaban J connectivity index is 1.49. The first kappa shape index (κ1) is 20.9. The first-order valence-corrected chi connectivity index (χ1v) is 12.0. The molecule has 3 aliphatic heterocycles. The van der Waals surface area contributed by atoms with Crippen LogP contribution in [0.15, 0.2) is 58.5 Å². The van der Waals surface area contributed by atoms with Crippen molar-refractivity contribution in [2.75, 3.05) is 11.4 Å². The fourth-order valence-corrected chi connectivity index (χ4v) is 5.74. The van der Waals surface area contributed by atoms with E-state index in [0.717, 1.165) is 23.4 Å². The summed E-state index contributed by atoms with van der Waals surface area (Å²) in [4.78, 5) is 39.5. The lowest BCUT2D eigenvalue weighted by atomic mass is 10.0. The standard InChI is InChI=1S/C25H26N4O2S/c1-4-20(24(31)28-14-13-16-9-5-8-12-19(16)28)32-25-26-18-11-7-6-10-17(18)22-27-23(30)21(15(2)3)29(22)25/h5-12,15,20-21H,4,13-14H2,1-3H3. The van der Waals surface area contributed by atoms with Crippen LogP contribution in [-0.2, 0) is 16.0 Å². The topological polar surface area (TPSA) is 65.3 Å². The van der Waals surface area contributed by atoms with Crippen molar-refractivity contribution in [3.8, 4) is 0 Å². The van der Waals surface area contributed by atoms with Gasteiger partial charge in [-0.3, -0.25) is 14.5 Å². The molecule has 0 saturated carbocycles. The van der Waals surface area contributed by atoms with Gasteiger partial charge >= 0.3 is 0 Å². The average molecular weight is 447 g/mol. The van der Waals surface area contributed by atoms with Gasteiger partial charge in [-0.15, -0.1) is 0 Å². The van der Waals surface area contributed by atoms with Gasteiger partial charge in [0, 0.05) is 17.8 Å². The van der Waals surface area contributed by atoms with Gasteiger partial charge in [0.1, 0.15) is 11.9 Å².